The molecule has 0 spiro atoms. The number of rotatable bonds is 4. The highest BCUT2D eigenvalue weighted by atomic mass is 32.2. The molecule has 150 valence electrons. The summed E-state index contributed by atoms with van der Waals surface area (Å²) in [6, 6.07) is 11.2. The fourth-order valence-electron chi connectivity index (χ4n) is 3.08. The summed E-state index contributed by atoms with van der Waals surface area (Å²) in [6.45, 7) is -0.360. The molecule has 1 saturated heterocycles. The summed E-state index contributed by atoms with van der Waals surface area (Å²) in [4.78, 5) is 11.1. The van der Waals surface area contributed by atoms with Crippen LogP contribution < -0.4 is 5.32 Å². The second-order valence-electron chi connectivity index (χ2n) is 6.12. The molecule has 1 heterocycles. The predicted octanol–water partition coefficient (Wildman–Crippen LogP) is 2.54. The van der Waals surface area contributed by atoms with Crippen LogP contribution >= 0.6 is 0 Å². The van der Waals surface area contributed by atoms with Crippen molar-refractivity contribution in [3.05, 3.63) is 65.7 Å². The van der Waals surface area contributed by atoms with Gasteiger partial charge in [0.25, 0.3) is 0 Å². The molecule has 1 aliphatic heterocycles. The molecule has 0 radical (unpaired) electrons. The molecule has 2 aromatic rings. The first-order chi connectivity index (χ1) is 13.2. The first-order valence-corrected chi connectivity index (χ1v) is 9.67. The summed E-state index contributed by atoms with van der Waals surface area (Å²) in [5.41, 5.74) is -0.773. The molecule has 0 aromatic heterocycles. The number of benzene rings is 2. The number of methoxy groups -OCH3 is 1. The SMILES string of the molecule is COC(=O)C1CN(S(=O)(=O)c2ccccc2C(F)(F)F)C(c2ccccc2)N1. The van der Waals surface area contributed by atoms with Gasteiger partial charge in [0.05, 0.1) is 17.6 Å². The van der Waals surface area contributed by atoms with E-state index in [2.05, 4.69) is 10.1 Å². The van der Waals surface area contributed by atoms with Crippen LogP contribution in [0.4, 0.5) is 13.2 Å². The van der Waals surface area contributed by atoms with E-state index in [4.69, 9.17) is 0 Å². The zero-order valence-electron chi connectivity index (χ0n) is 14.7. The third-order valence-electron chi connectivity index (χ3n) is 4.39. The molecule has 1 fully saturated rings. The molecule has 2 unspecified atom stereocenters. The molecule has 28 heavy (non-hydrogen) atoms. The minimum Gasteiger partial charge on any atom is -0.468 e. The quantitative estimate of drug-likeness (QED) is 0.779. The van der Waals surface area contributed by atoms with Crippen LogP contribution in [-0.2, 0) is 25.7 Å². The predicted molar refractivity (Wildman–Crippen MR) is 93.5 cm³/mol. The topological polar surface area (TPSA) is 75.7 Å². The van der Waals surface area contributed by atoms with Crippen LogP contribution in [-0.4, -0.2) is 38.4 Å². The highest BCUT2D eigenvalue weighted by Crippen LogP contribution is 2.38. The molecule has 10 heteroatoms. The number of nitrogens with one attached hydrogen (secondary N) is 1. The van der Waals surface area contributed by atoms with E-state index in [1.165, 1.54) is 6.07 Å². The molecular formula is C18H17F3N2O4S. The molecule has 0 saturated carbocycles. The lowest BCUT2D eigenvalue weighted by Gasteiger charge is -2.25. The van der Waals surface area contributed by atoms with Crippen molar-refractivity contribution in [3.8, 4) is 0 Å². The molecule has 2 atom stereocenters. The second kappa shape index (κ2) is 7.53. The lowest BCUT2D eigenvalue weighted by atomic mass is 10.2. The number of alkyl halides is 3. The number of sulfonamides is 1. The Kier molecular flexibility index (Phi) is 5.46. The van der Waals surface area contributed by atoms with Crippen LogP contribution in [0.5, 0.6) is 0 Å². The number of halogens is 3. The Labute approximate surface area is 160 Å². The molecule has 0 amide bonds. The number of carbonyl (C=O) groups excluding carboxylic acids is 1. The van der Waals surface area contributed by atoms with Crippen molar-refractivity contribution < 1.29 is 31.1 Å². The van der Waals surface area contributed by atoms with Crippen LogP contribution in [0.15, 0.2) is 59.5 Å². The van der Waals surface area contributed by atoms with Crippen LogP contribution in [0.2, 0.25) is 0 Å². The van der Waals surface area contributed by atoms with Crippen molar-refractivity contribution in [3.63, 3.8) is 0 Å². The molecule has 3 rings (SSSR count). The van der Waals surface area contributed by atoms with Crippen molar-refractivity contribution in [1.29, 1.82) is 0 Å². The van der Waals surface area contributed by atoms with Crippen LogP contribution in [0.3, 0.4) is 0 Å². The standard InChI is InChI=1S/C18H17F3N2O4S/c1-27-17(24)14-11-23(16(22-14)12-7-3-2-4-8-12)28(25,26)15-10-6-5-9-13(15)18(19,20)21/h2-10,14,16,22H,11H2,1H3. The summed E-state index contributed by atoms with van der Waals surface area (Å²) in [5.74, 6) is -0.706. The second-order valence-corrected chi connectivity index (χ2v) is 7.98. The largest absolute Gasteiger partial charge is 0.468 e. The molecule has 1 N–H and O–H groups in total. The monoisotopic (exact) mass is 414 g/mol. The number of hydrogen-bond acceptors (Lipinski definition) is 5. The summed E-state index contributed by atoms with van der Waals surface area (Å²) in [5, 5.41) is 2.83. The van der Waals surface area contributed by atoms with Gasteiger partial charge in [-0.1, -0.05) is 42.5 Å². The number of nitrogens with zero attached hydrogens (tertiary/aromatic N) is 1. The normalized spacial score (nSPS) is 20.9. The Bertz CT molecular complexity index is 964. The van der Waals surface area contributed by atoms with Crippen LogP contribution in [0.1, 0.15) is 17.3 Å². The minimum absolute atomic E-state index is 0.360. The van der Waals surface area contributed by atoms with E-state index in [0.717, 1.165) is 23.5 Å². The summed E-state index contributed by atoms with van der Waals surface area (Å²) < 4.78 is 72.0. The fraction of sp³-hybridized carbons (Fsp3) is 0.278. The first kappa shape index (κ1) is 20.3. The van der Waals surface area contributed by atoms with Gasteiger partial charge in [0.1, 0.15) is 12.2 Å². The molecule has 2 aromatic carbocycles. The zero-order chi connectivity index (χ0) is 20.5. The van der Waals surface area contributed by atoms with Crippen molar-refractivity contribution in [1.82, 2.24) is 9.62 Å². The number of ether oxygens (including phenoxy) is 1. The van der Waals surface area contributed by atoms with Crippen molar-refractivity contribution >= 4 is 16.0 Å². The van der Waals surface area contributed by atoms with Gasteiger partial charge in [-0.05, 0) is 17.7 Å². The van der Waals surface area contributed by atoms with Crippen molar-refractivity contribution in [2.75, 3.05) is 13.7 Å². The van der Waals surface area contributed by atoms with Gasteiger partial charge in [-0.15, -0.1) is 0 Å². The van der Waals surface area contributed by atoms with Crippen LogP contribution in [0.25, 0.3) is 0 Å². The van der Waals surface area contributed by atoms with Gasteiger partial charge >= 0.3 is 12.1 Å². The van der Waals surface area contributed by atoms with E-state index < -0.39 is 44.8 Å². The maximum atomic E-state index is 13.4. The fourth-order valence-corrected chi connectivity index (χ4v) is 4.85. The number of hydrogen-bond donors (Lipinski definition) is 1. The minimum atomic E-state index is -4.85. The summed E-state index contributed by atoms with van der Waals surface area (Å²) in [6.07, 6.45) is -5.86. The third kappa shape index (κ3) is 3.75. The van der Waals surface area contributed by atoms with Gasteiger partial charge in [0, 0.05) is 6.54 Å². The lowest BCUT2D eigenvalue weighted by Crippen LogP contribution is -2.34. The first-order valence-electron chi connectivity index (χ1n) is 8.23. The molecular weight excluding hydrogens is 397 g/mol. The highest BCUT2D eigenvalue weighted by Gasteiger charge is 2.46. The average molecular weight is 414 g/mol. The Morgan fingerprint density at radius 2 is 1.71 bits per heavy atom. The van der Waals surface area contributed by atoms with Crippen molar-refractivity contribution in [2.45, 2.75) is 23.3 Å². The van der Waals surface area contributed by atoms with E-state index in [1.54, 1.807) is 30.3 Å². The van der Waals surface area contributed by atoms with Gasteiger partial charge in [-0.25, -0.2) is 8.42 Å². The van der Waals surface area contributed by atoms with Crippen LogP contribution in [0, 0.1) is 0 Å². The zero-order valence-corrected chi connectivity index (χ0v) is 15.5. The average Bonchev–Trinajstić information content (AvgIpc) is 3.14. The van der Waals surface area contributed by atoms with Gasteiger partial charge in [0.2, 0.25) is 10.0 Å². The Morgan fingerprint density at radius 3 is 2.32 bits per heavy atom. The maximum Gasteiger partial charge on any atom is 0.417 e. The third-order valence-corrected chi connectivity index (χ3v) is 6.28. The lowest BCUT2D eigenvalue weighted by molar-refractivity contribution is -0.142. The van der Waals surface area contributed by atoms with E-state index in [-0.39, 0.29) is 6.54 Å². The molecule has 0 bridgehead atoms. The molecule has 0 aliphatic carbocycles. The van der Waals surface area contributed by atoms with Crippen molar-refractivity contribution in [2.24, 2.45) is 0 Å². The smallest absolute Gasteiger partial charge is 0.417 e. The number of esters is 1. The molecule has 6 nitrogen and oxygen atoms in total. The highest BCUT2D eigenvalue weighted by molar-refractivity contribution is 7.89. The molecule has 1 aliphatic rings. The van der Waals surface area contributed by atoms with Gasteiger partial charge in [-0.3, -0.25) is 10.1 Å². The van der Waals surface area contributed by atoms with E-state index in [1.807, 2.05) is 0 Å². The Balaban J connectivity index is 2.10. The van der Waals surface area contributed by atoms with E-state index >= 15 is 0 Å². The van der Waals surface area contributed by atoms with E-state index in [9.17, 15) is 26.4 Å². The summed E-state index contributed by atoms with van der Waals surface area (Å²) >= 11 is 0. The Morgan fingerprint density at radius 1 is 1.11 bits per heavy atom. The van der Waals surface area contributed by atoms with E-state index in [0.29, 0.717) is 11.6 Å². The maximum absolute atomic E-state index is 13.4. The number of carbonyl (C=O) groups is 1. The van der Waals surface area contributed by atoms with Gasteiger partial charge < -0.3 is 4.74 Å². The van der Waals surface area contributed by atoms with Gasteiger partial charge in [0.15, 0.2) is 0 Å². The summed E-state index contributed by atoms with van der Waals surface area (Å²) in [7, 11) is -3.43. The van der Waals surface area contributed by atoms with Gasteiger partial charge in [-0.2, -0.15) is 17.5 Å². The Hall–Kier alpha value is -2.43.